The zero-order valence-electron chi connectivity index (χ0n) is 10.2. The Morgan fingerprint density at radius 3 is 3.00 bits per heavy atom. The van der Waals surface area contributed by atoms with Crippen LogP contribution in [0.25, 0.3) is 0 Å². The first-order valence-electron chi connectivity index (χ1n) is 5.73. The fourth-order valence-corrected chi connectivity index (χ4v) is 1.76. The molecule has 1 aromatic rings. The number of carbonyl (C=O) groups excluding carboxylic acids is 1. The molecule has 0 radical (unpaired) electrons. The summed E-state index contributed by atoms with van der Waals surface area (Å²) >= 11 is 0. The summed E-state index contributed by atoms with van der Waals surface area (Å²) in [7, 11) is 0. The number of rotatable bonds is 3. The number of para-hydroxylation sites is 1. The molecule has 0 atom stereocenters. The highest BCUT2D eigenvalue weighted by Crippen LogP contribution is 2.23. The molecule has 1 aliphatic heterocycles. The van der Waals surface area contributed by atoms with Gasteiger partial charge in [-0.3, -0.25) is 9.79 Å². The first-order chi connectivity index (χ1) is 8.72. The normalized spacial score (nSPS) is 13.6. The molecule has 0 saturated carbocycles. The summed E-state index contributed by atoms with van der Waals surface area (Å²) in [6.07, 6.45) is 3.24. The van der Waals surface area contributed by atoms with Crippen molar-refractivity contribution in [3.8, 4) is 0 Å². The van der Waals surface area contributed by atoms with Crippen LogP contribution in [0.15, 0.2) is 41.3 Å². The van der Waals surface area contributed by atoms with Crippen LogP contribution in [0.1, 0.15) is 12.5 Å². The lowest BCUT2D eigenvalue weighted by Crippen LogP contribution is -2.34. The number of nitrogens with two attached hydrogens (primary N) is 1. The molecular formula is C13H15N3O2. The van der Waals surface area contributed by atoms with E-state index in [4.69, 9.17) is 10.5 Å². The zero-order chi connectivity index (χ0) is 13.0. The van der Waals surface area contributed by atoms with Crippen molar-refractivity contribution in [2.45, 2.75) is 6.92 Å². The van der Waals surface area contributed by atoms with Crippen molar-refractivity contribution in [3.63, 3.8) is 0 Å². The van der Waals surface area contributed by atoms with Crippen LogP contribution in [0.4, 0.5) is 5.69 Å². The molecule has 0 bridgehead atoms. The van der Waals surface area contributed by atoms with Crippen LogP contribution in [-0.4, -0.2) is 25.3 Å². The molecule has 0 unspecified atom stereocenters. The number of fused-ring (bicyclic) bond motifs is 1. The molecule has 1 heterocycles. The molecule has 0 fully saturated rings. The summed E-state index contributed by atoms with van der Waals surface area (Å²) in [5, 5.41) is 0. The van der Waals surface area contributed by atoms with E-state index < -0.39 is 0 Å². The minimum absolute atomic E-state index is 0.0799. The van der Waals surface area contributed by atoms with Gasteiger partial charge in [-0.25, -0.2) is 0 Å². The maximum Gasteiger partial charge on any atom is 0.326 e. The van der Waals surface area contributed by atoms with Crippen LogP contribution < -0.4 is 10.6 Å². The van der Waals surface area contributed by atoms with E-state index in [1.54, 1.807) is 18.0 Å². The van der Waals surface area contributed by atoms with Crippen LogP contribution in [0.5, 0.6) is 0 Å². The van der Waals surface area contributed by atoms with E-state index in [0.717, 1.165) is 11.3 Å². The van der Waals surface area contributed by atoms with Crippen LogP contribution in [0.3, 0.4) is 0 Å². The summed E-state index contributed by atoms with van der Waals surface area (Å²) < 4.78 is 4.94. The minimum atomic E-state index is -0.314. The lowest BCUT2D eigenvalue weighted by molar-refractivity contribution is -0.141. The van der Waals surface area contributed by atoms with Gasteiger partial charge in [0.05, 0.1) is 18.5 Å². The van der Waals surface area contributed by atoms with E-state index in [2.05, 4.69) is 4.99 Å². The van der Waals surface area contributed by atoms with Gasteiger partial charge >= 0.3 is 5.97 Å². The van der Waals surface area contributed by atoms with Crippen LogP contribution in [-0.2, 0) is 9.53 Å². The largest absolute Gasteiger partial charge is 0.465 e. The van der Waals surface area contributed by atoms with E-state index in [0.29, 0.717) is 12.4 Å². The average molecular weight is 245 g/mol. The summed E-state index contributed by atoms with van der Waals surface area (Å²) in [4.78, 5) is 17.4. The van der Waals surface area contributed by atoms with Crippen LogP contribution in [0.2, 0.25) is 0 Å². The van der Waals surface area contributed by atoms with Crippen molar-refractivity contribution in [3.05, 3.63) is 41.8 Å². The maximum atomic E-state index is 11.6. The fourth-order valence-electron chi connectivity index (χ4n) is 1.76. The van der Waals surface area contributed by atoms with Gasteiger partial charge < -0.3 is 15.4 Å². The first kappa shape index (κ1) is 12.2. The molecule has 0 saturated heterocycles. The molecule has 18 heavy (non-hydrogen) atoms. The third kappa shape index (κ3) is 2.51. The van der Waals surface area contributed by atoms with Gasteiger partial charge in [0.25, 0.3) is 0 Å². The summed E-state index contributed by atoms with van der Waals surface area (Å²) in [6.45, 7) is 2.21. The standard InChI is InChI=1S/C13H15N3O2/c1-2-18-13(17)9-16-11-6-4-3-5-10(11)7-15-8-12(16)14/h3-8H,2,9,14H2,1H3. The minimum Gasteiger partial charge on any atom is -0.465 e. The second kappa shape index (κ2) is 5.35. The summed E-state index contributed by atoms with van der Waals surface area (Å²) in [6, 6.07) is 7.62. The Labute approximate surface area is 106 Å². The SMILES string of the molecule is CCOC(=O)CN1C(N)=CN=Cc2ccccc21. The summed E-state index contributed by atoms with van der Waals surface area (Å²) in [5.74, 6) is 0.106. The lowest BCUT2D eigenvalue weighted by atomic mass is 10.2. The second-order valence-corrected chi connectivity index (χ2v) is 3.78. The van der Waals surface area contributed by atoms with Crippen molar-refractivity contribution in [2.24, 2.45) is 10.7 Å². The highest BCUT2D eigenvalue weighted by atomic mass is 16.5. The second-order valence-electron chi connectivity index (χ2n) is 3.78. The quantitative estimate of drug-likeness (QED) is 0.814. The highest BCUT2D eigenvalue weighted by molar-refractivity contribution is 5.91. The number of hydrogen-bond donors (Lipinski definition) is 1. The third-order valence-corrected chi connectivity index (χ3v) is 2.55. The number of benzene rings is 1. The molecule has 1 aromatic carbocycles. The molecule has 1 aliphatic rings. The molecule has 94 valence electrons. The Hall–Kier alpha value is -2.30. The van der Waals surface area contributed by atoms with Crippen molar-refractivity contribution < 1.29 is 9.53 Å². The van der Waals surface area contributed by atoms with Crippen LogP contribution in [0, 0.1) is 0 Å². The van der Waals surface area contributed by atoms with Gasteiger partial charge in [-0.15, -0.1) is 0 Å². The maximum absolute atomic E-state index is 11.6. The smallest absolute Gasteiger partial charge is 0.326 e. The molecule has 0 amide bonds. The number of carbonyl (C=O) groups is 1. The molecule has 2 N–H and O–H groups in total. The molecule has 0 aliphatic carbocycles. The Kier molecular flexibility index (Phi) is 3.62. The fraction of sp³-hybridized carbons (Fsp3) is 0.231. The molecule has 2 rings (SSSR count). The predicted molar refractivity (Wildman–Crippen MR) is 70.3 cm³/mol. The monoisotopic (exact) mass is 245 g/mol. The number of esters is 1. The Bertz CT molecular complexity index is 509. The van der Waals surface area contributed by atoms with Gasteiger partial charge in [-0.05, 0) is 13.0 Å². The van der Waals surface area contributed by atoms with E-state index in [-0.39, 0.29) is 12.5 Å². The number of nitrogens with zero attached hydrogens (tertiary/aromatic N) is 2. The van der Waals surface area contributed by atoms with E-state index in [1.165, 1.54) is 6.20 Å². The van der Waals surface area contributed by atoms with Crippen molar-refractivity contribution in [1.82, 2.24) is 0 Å². The van der Waals surface area contributed by atoms with Crippen LogP contribution >= 0.6 is 0 Å². The van der Waals surface area contributed by atoms with E-state index in [1.807, 2.05) is 24.3 Å². The topological polar surface area (TPSA) is 67.9 Å². The number of anilines is 1. The van der Waals surface area contributed by atoms with E-state index in [9.17, 15) is 4.79 Å². The molecule has 0 aromatic heterocycles. The Morgan fingerprint density at radius 1 is 1.44 bits per heavy atom. The van der Waals surface area contributed by atoms with Gasteiger partial charge in [0.2, 0.25) is 0 Å². The molecule has 5 heteroatoms. The average Bonchev–Trinajstić information content (AvgIpc) is 2.51. The van der Waals surface area contributed by atoms with E-state index >= 15 is 0 Å². The highest BCUT2D eigenvalue weighted by Gasteiger charge is 2.18. The van der Waals surface area contributed by atoms with Crippen molar-refractivity contribution in [2.75, 3.05) is 18.1 Å². The van der Waals surface area contributed by atoms with Gasteiger partial charge in [0.15, 0.2) is 0 Å². The third-order valence-electron chi connectivity index (χ3n) is 2.55. The van der Waals surface area contributed by atoms with Gasteiger partial charge in [0, 0.05) is 11.8 Å². The van der Waals surface area contributed by atoms with Gasteiger partial charge in [0.1, 0.15) is 12.4 Å². The van der Waals surface area contributed by atoms with Gasteiger partial charge in [-0.1, -0.05) is 18.2 Å². The summed E-state index contributed by atoms with van der Waals surface area (Å²) in [5.41, 5.74) is 7.67. The molecular weight excluding hydrogens is 230 g/mol. The zero-order valence-corrected chi connectivity index (χ0v) is 10.2. The molecule has 0 spiro atoms. The Morgan fingerprint density at radius 2 is 2.22 bits per heavy atom. The first-order valence-corrected chi connectivity index (χ1v) is 5.73. The Balaban J connectivity index is 2.30. The van der Waals surface area contributed by atoms with Crippen molar-refractivity contribution in [1.29, 1.82) is 0 Å². The van der Waals surface area contributed by atoms with Crippen molar-refractivity contribution >= 4 is 17.9 Å². The number of aliphatic imine (C=N–C) groups is 1. The lowest BCUT2D eigenvalue weighted by Gasteiger charge is -2.23. The van der Waals surface area contributed by atoms with Gasteiger partial charge in [-0.2, -0.15) is 0 Å². The molecule has 5 nitrogen and oxygen atoms in total. The number of hydrogen-bond acceptors (Lipinski definition) is 5. The number of ether oxygens (including phenoxy) is 1. The predicted octanol–water partition coefficient (Wildman–Crippen LogP) is 1.25.